The molecule has 11 heteroatoms. The molecule has 2 heterocycles. The van der Waals surface area contributed by atoms with Crippen molar-refractivity contribution in [1.29, 1.82) is 0 Å². The summed E-state index contributed by atoms with van der Waals surface area (Å²) in [4.78, 5) is 22.1. The average molecular weight is 583 g/mol. The van der Waals surface area contributed by atoms with Crippen LogP contribution in [0.4, 0.5) is 4.39 Å². The second-order valence-electron chi connectivity index (χ2n) is 9.51. The van der Waals surface area contributed by atoms with E-state index in [0.29, 0.717) is 31.5 Å². The van der Waals surface area contributed by atoms with E-state index in [4.69, 9.17) is 37.4 Å². The molecule has 1 saturated heterocycles. The first kappa shape index (κ1) is 30.7. The lowest BCUT2D eigenvalue weighted by Gasteiger charge is -2.36. The maximum absolute atomic E-state index is 13.2. The van der Waals surface area contributed by atoms with Crippen LogP contribution in [0.5, 0.6) is 11.5 Å². The molecule has 3 N–H and O–H groups in total. The van der Waals surface area contributed by atoms with Gasteiger partial charge in [-0.3, -0.25) is 9.59 Å². The number of carbonyl (C=O) groups is 2. The van der Waals surface area contributed by atoms with Gasteiger partial charge in [0, 0.05) is 47.8 Å². The van der Waals surface area contributed by atoms with Crippen molar-refractivity contribution >= 4 is 35.5 Å². The molecular formula is C28H34Cl2FN3O5. The molecule has 39 heavy (non-hydrogen) atoms. The minimum absolute atomic E-state index is 0.00580. The first-order chi connectivity index (χ1) is 18.7. The minimum Gasteiger partial charge on any atom is -0.490 e. The highest BCUT2D eigenvalue weighted by atomic mass is 35.5. The number of benzene rings is 2. The fourth-order valence-corrected chi connectivity index (χ4v) is 4.33. The van der Waals surface area contributed by atoms with E-state index in [-0.39, 0.29) is 29.4 Å². The van der Waals surface area contributed by atoms with Crippen LogP contribution >= 0.6 is 23.2 Å². The van der Waals surface area contributed by atoms with Crippen molar-refractivity contribution < 1.29 is 28.2 Å². The lowest BCUT2D eigenvalue weighted by molar-refractivity contribution is -0.123. The first-order valence-electron chi connectivity index (χ1n) is 12.7. The number of carbonyl (C=O) groups excluding carboxylic acids is 2. The third-order valence-electron chi connectivity index (χ3n) is 6.11. The lowest BCUT2D eigenvalue weighted by Crippen LogP contribution is -2.48. The number of allylic oxidation sites excluding steroid dienone is 1. The fourth-order valence-electron chi connectivity index (χ4n) is 4.03. The van der Waals surface area contributed by atoms with Crippen LogP contribution in [-0.4, -0.2) is 50.8 Å². The molecule has 2 aromatic rings. The van der Waals surface area contributed by atoms with Crippen LogP contribution in [0.1, 0.15) is 45.2 Å². The van der Waals surface area contributed by atoms with Crippen molar-refractivity contribution in [2.75, 3.05) is 26.4 Å². The Hall–Kier alpha value is -2.85. The van der Waals surface area contributed by atoms with Gasteiger partial charge in [-0.2, -0.15) is 0 Å². The Morgan fingerprint density at radius 3 is 2.59 bits per heavy atom. The van der Waals surface area contributed by atoms with Crippen LogP contribution in [-0.2, 0) is 14.3 Å². The second-order valence-corrected chi connectivity index (χ2v) is 10.3. The van der Waals surface area contributed by atoms with Gasteiger partial charge in [0.15, 0.2) is 6.61 Å². The predicted molar refractivity (Wildman–Crippen MR) is 149 cm³/mol. The van der Waals surface area contributed by atoms with E-state index in [1.165, 1.54) is 17.7 Å². The van der Waals surface area contributed by atoms with Gasteiger partial charge < -0.3 is 30.2 Å². The minimum atomic E-state index is -0.604. The maximum Gasteiger partial charge on any atom is 0.257 e. The highest BCUT2D eigenvalue weighted by Crippen LogP contribution is 2.37. The van der Waals surface area contributed by atoms with Crippen LogP contribution in [0.15, 0.2) is 47.7 Å². The molecule has 0 radical (unpaired) electrons. The number of nitrogens with one attached hydrogen (secondary N) is 3. The average Bonchev–Trinajstić information content (AvgIpc) is 2.87. The van der Waals surface area contributed by atoms with Crippen molar-refractivity contribution in [2.45, 2.75) is 51.8 Å². The van der Waals surface area contributed by atoms with Crippen molar-refractivity contribution in [1.82, 2.24) is 16.0 Å². The number of ether oxygens (including phenoxy) is 3. The molecular weight excluding hydrogens is 548 g/mol. The SMILES string of the molecule is CC(C)=C(CCNC(=O)COc1ccc(Cl)c(F)c1)NC=O.CC1CC(NC2COC2)c2cc(Cl)ccc2O1. The molecule has 2 atom stereocenters. The van der Waals surface area contributed by atoms with Gasteiger partial charge in [0.1, 0.15) is 17.3 Å². The summed E-state index contributed by atoms with van der Waals surface area (Å²) in [6.07, 6.45) is 2.32. The number of amides is 2. The van der Waals surface area contributed by atoms with Crippen LogP contribution in [0.2, 0.25) is 10.0 Å². The summed E-state index contributed by atoms with van der Waals surface area (Å²) in [5.74, 6) is 0.234. The van der Waals surface area contributed by atoms with Gasteiger partial charge in [-0.15, -0.1) is 0 Å². The normalized spacial score (nSPS) is 17.8. The molecule has 2 aliphatic heterocycles. The smallest absolute Gasteiger partial charge is 0.257 e. The number of hydrogen-bond donors (Lipinski definition) is 3. The summed E-state index contributed by atoms with van der Waals surface area (Å²) in [6, 6.07) is 10.6. The molecule has 2 aliphatic rings. The van der Waals surface area contributed by atoms with Gasteiger partial charge in [0.2, 0.25) is 6.41 Å². The Balaban J connectivity index is 0.000000221. The fraction of sp³-hybridized carbons (Fsp3) is 0.429. The van der Waals surface area contributed by atoms with Crippen LogP contribution < -0.4 is 25.4 Å². The predicted octanol–water partition coefficient (Wildman–Crippen LogP) is 4.94. The Morgan fingerprint density at radius 2 is 1.95 bits per heavy atom. The van der Waals surface area contributed by atoms with Gasteiger partial charge in [0.25, 0.3) is 5.91 Å². The topological polar surface area (TPSA) is 97.9 Å². The zero-order valence-corrected chi connectivity index (χ0v) is 23.7. The summed E-state index contributed by atoms with van der Waals surface area (Å²) in [7, 11) is 0. The molecule has 212 valence electrons. The second kappa shape index (κ2) is 15.1. The quantitative estimate of drug-likeness (QED) is 0.344. The molecule has 1 fully saturated rings. The Morgan fingerprint density at radius 1 is 1.18 bits per heavy atom. The van der Waals surface area contributed by atoms with Crippen molar-refractivity contribution in [2.24, 2.45) is 0 Å². The van der Waals surface area contributed by atoms with Crippen molar-refractivity contribution in [3.8, 4) is 11.5 Å². The summed E-state index contributed by atoms with van der Waals surface area (Å²) in [6.45, 7) is 7.58. The van der Waals surface area contributed by atoms with Gasteiger partial charge in [0.05, 0.1) is 30.4 Å². The molecule has 2 amide bonds. The molecule has 0 aliphatic carbocycles. The third kappa shape index (κ3) is 9.69. The summed E-state index contributed by atoms with van der Waals surface area (Å²) in [5.41, 5.74) is 2.90. The first-order valence-corrected chi connectivity index (χ1v) is 13.4. The van der Waals surface area contributed by atoms with Crippen LogP contribution in [0.3, 0.4) is 0 Å². The summed E-state index contributed by atoms with van der Waals surface area (Å²) >= 11 is 11.6. The highest BCUT2D eigenvalue weighted by molar-refractivity contribution is 6.31. The summed E-state index contributed by atoms with van der Waals surface area (Å²) < 4.78 is 29.4. The molecule has 4 rings (SSSR count). The zero-order valence-electron chi connectivity index (χ0n) is 22.2. The molecule has 0 spiro atoms. The van der Waals surface area contributed by atoms with Crippen molar-refractivity contribution in [3.05, 3.63) is 69.1 Å². The van der Waals surface area contributed by atoms with Crippen LogP contribution in [0, 0.1) is 5.82 Å². The molecule has 0 aromatic heterocycles. The largest absolute Gasteiger partial charge is 0.490 e. The molecule has 8 nitrogen and oxygen atoms in total. The Labute approximate surface area is 238 Å². The van der Waals surface area contributed by atoms with Gasteiger partial charge >= 0.3 is 0 Å². The number of fused-ring (bicyclic) bond motifs is 1. The Kier molecular flexibility index (Phi) is 11.9. The standard InChI is InChI=1S/C15H18ClFN2O3.C13H16ClNO2/c1-10(2)14(19-9-20)5-6-18-15(21)8-22-11-3-4-12(16)13(17)7-11;1-8-4-12(15-10-6-16-7-10)11-5-9(14)2-3-13(11)17-8/h3-4,7,9H,5-6,8H2,1-2H3,(H,18,21)(H,19,20);2-3,5,8,10,12,15H,4,6-7H2,1H3. The van der Waals surface area contributed by atoms with Gasteiger partial charge in [-0.05, 0) is 51.1 Å². The molecule has 0 bridgehead atoms. The van der Waals surface area contributed by atoms with E-state index >= 15 is 0 Å². The van der Waals surface area contributed by atoms with Gasteiger partial charge in [-0.25, -0.2) is 4.39 Å². The van der Waals surface area contributed by atoms with E-state index in [0.717, 1.165) is 47.7 Å². The Bertz CT molecular complexity index is 1170. The van der Waals surface area contributed by atoms with E-state index in [1.54, 1.807) is 0 Å². The van der Waals surface area contributed by atoms with E-state index in [1.807, 2.05) is 32.0 Å². The van der Waals surface area contributed by atoms with E-state index < -0.39 is 5.82 Å². The number of rotatable bonds is 10. The van der Waals surface area contributed by atoms with E-state index in [9.17, 15) is 14.0 Å². The van der Waals surface area contributed by atoms with Gasteiger partial charge in [-0.1, -0.05) is 28.8 Å². The monoisotopic (exact) mass is 581 g/mol. The van der Waals surface area contributed by atoms with E-state index in [2.05, 4.69) is 22.9 Å². The molecule has 2 aromatic carbocycles. The maximum atomic E-state index is 13.2. The third-order valence-corrected chi connectivity index (χ3v) is 6.65. The lowest BCUT2D eigenvalue weighted by atomic mass is 9.96. The zero-order chi connectivity index (χ0) is 28.4. The molecule has 2 unspecified atom stereocenters. The summed E-state index contributed by atoms with van der Waals surface area (Å²) in [5, 5.41) is 9.60. The molecule has 0 saturated carbocycles. The number of hydrogen-bond acceptors (Lipinski definition) is 6. The number of halogens is 3. The van der Waals surface area contributed by atoms with Crippen molar-refractivity contribution in [3.63, 3.8) is 0 Å². The highest BCUT2D eigenvalue weighted by Gasteiger charge is 2.30. The van der Waals surface area contributed by atoms with Crippen LogP contribution in [0.25, 0.3) is 0 Å².